The molecule has 0 bridgehead atoms. The van der Waals surface area contributed by atoms with Gasteiger partial charge in [-0.05, 0) is 31.0 Å². The Bertz CT molecular complexity index is 558. The zero-order valence-electron chi connectivity index (χ0n) is 9.81. The molecule has 0 radical (unpaired) electrons. The van der Waals surface area contributed by atoms with E-state index in [1.165, 1.54) is 0 Å². The maximum absolute atomic E-state index is 11.2. The van der Waals surface area contributed by atoms with Gasteiger partial charge in [0.1, 0.15) is 0 Å². The van der Waals surface area contributed by atoms with Crippen LogP contribution >= 0.6 is 0 Å². The second-order valence-electron chi connectivity index (χ2n) is 4.16. The van der Waals surface area contributed by atoms with Gasteiger partial charge in [0.2, 0.25) is 0 Å². The van der Waals surface area contributed by atoms with Crippen molar-refractivity contribution in [2.45, 2.75) is 12.8 Å². The highest BCUT2D eigenvalue weighted by molar-refractivity contribution is 6.03. The highest BCUT2D eigenvalue weighted by atomic mass is 16.4. The Kier molecular flexibility index (Phi) is 3.15. The first kappa shape index (κ1) is 11.7. The van der Waals surface area contributed by atoms with Crippen LogP contribution < -0.4 is 5.73 Å². The molecule has 90 valence electrons. The number of benzene rings is 1. The Balaban J connectivity index is 2.60. The molecule has 2 rings (SSSR count). The Morgan fingerprint density at radius 2 is 2.24 bits per heavy atom. The number of nitrogens with two attached hydrogens (primary N) is 1. The van der Waals surface area contributed by atoms with E-state index >= 15 is 0 Å². The minimum Gasteiger partial charge on any atom is -0.478 e. The van der Waals surface area contributed by atoms with Crippen LogP contribution in [0.3, 0.4) is 0 Å². The van der Waals surface area contributed by atoms with Gasteiger partial charge in [0.05, 0.1) is 11.1 Å². The summed E-state index contributed by atoms with van der Waals surface area (Å²) < 4.78 is 1.88. The molecule has 0 fully saturated rings. The molecule has 0 amide bonds. The predicted molar refractivity (Wildman–Crippen MR) is 67.3 cm³/mol. The summed E-state index contributed by atoms with van der Waals surface area (Å²) in [6.45, 7) is 0.648. The maximum Gasteiger partial charge on any atom is 0.337 e. The molecule has 0 saturated heterocycles. The average Bonchev–Trinajstić information content (AvgIpc) is 2.64. The van der Waals surface area contributed by atoms with Crippen molar-refractivity contribution in [1.29, 1.82) is 0 Å². The summed E-state index contributed by atoms with van der Waals surface area (Å²) in [7, 11) is 1.88. The number of rotatable bonds is 4. The standard InChI is InChI=1S/C13H16N2O2/c1-15-8-9(4-3-7-14)10-5-2-6-11(12(10)15)13(16)17/h2,5-6,8H,3-4,7,14H2,1H3,(H,16,17). The lowest BCUT2D eigenvalue weighted by Crippen LogP contribution is -2.00. The second-order valence-corrected chi connectivity index (χ2v) is 4.16. The summed E-state index contributed by atoms with van der Waals surface area (Å²) in [6, 6.07) is 5.39. The predicted octanol–water partition coefficient (Wildman–Crippen LogP) is 1.77. The van der Waals surface area contributed by atoms with Crippen LogP contribution in [-0.2, 0) is 13.5 Å². The first-order valence-corrected chi connectivity index (χ1v) is 5.65. The molecule has 0 aliphatic rings. The van der Waals surface area contributed by atoms with E-state index in [1.807, 2.05) is 23.9 Å². The van der Waals surface area contributed by atoms with E-state index in [0.29, 0.717) is 12.1 Å². The lowest BCUT2D eigenvalue weighted by atomic mass is 10.1. The molecule has 1 aromatic carbocycles. The Morgan fingerprint density at radius 3 is 2.88 bits per heavy atom. The summed E-state index contributed by atoms with van der Waals surface area (Å²) in [5, 5.41) is 10.2. The third-order valence-electron chi connectivity index (χ3n) is 2.96. The molecule has 0 unspecified atom stereocenters. The minimum atomic E-state index is -0.887. The van der Waals surface area contributed by atoms with Crippen molar-refractivity contribution >= 4 is 16.9 Å². The van der Waals surface area contributed by atoms with Crippen LogP contribution in [0.2, 0.25) is 0 Å². The van der Waals surface area contributed by atoms with Gasteiger partial charge in [0.25, 0.3) is 0 Å². The molecule has 0 spiro atoms. The highest BCUT2D eigenvalue weighted by Gasteiger charge is 2.13. The van der Waals surface area contributed by atoms with Gasteiger partial charge in [-0.3, -0.25) is 0 Å². The van der Waals surface area contributed by atoms with E-state index < -0.39 is 5.97 Å². The largest absolute Gasteiger partial charge is 0.478 e. The fourth-order valence-electron chi connectivity index (χ4n) is 2.21. The molecule has 4 heteroatoms. The quantitative estimate of drug-likeness (QED) is 0.844. The van der Waals surface area contributed by atoms with Crippen molar-refractivity contribution < 1.29 is 9.90 Å². The van der Waals surface area contributed by atoms with Gasteiger partial charge in [-0.25, -0.2) is 4.79 Å². The summed E-state index contributed by atoms with van der Waals surface area (Å²) in [5.74, 6) is -0.887. The van der Waals surface area contributed by atoms with Crippen LogP contribution in [0.4, 0.5) is 0 Å². The maximum atomic E-state index is 11.2. The molecule has 1 aromatic heterocycles. The number of aryl methyl sites for hydroxylation is 2. The van der Waals surface area contributed by atoms with E-state index in [-0.39, 0.29) is 0 Å². The molecule has 4 nitrogen and oxygen atoms in total. The van der Waals surface area contributed by atoms with Gasteiger partial charge < -0.3 is 15.4 Å². The zero-order chi connectivity index (χ0) is 12.4. The number of aromatic carboxylic acids is 1. The summed E-state index contributed by atoms with van der Waals surface area (Å²) in [6.07, 6.45) is 3.79. The number of carboxylic acids is 1. The van der Waals surface area contributed by atoms with E-state index in [4.69, 9.17) is 10.8 Å². The molecular formula is C13H16N2O2. The van der Waals surface area contributed by atoms with Crippen LogP contribution in [0.1, 0.15) is 22.3 Å². The molecule has 2 aromatic rings. The number of aromatic nitrogens is 1. The summed E-state index contributed by atoms with van der Waals surface area (Å²) in [5.41, 5.74) is 7.80. The molecule has 17 heavy (non-hydrogen) atoms. The van der Waals surface area contributed by atoms with Crippen LogP contribution in [0.15, 0.2) is 24.4 Å². The van der Waals surface area contributed by atoms with E-state index in [1.54, 1.807) is 12.1 Å². The number of hydrogen-bond acceptors (Lipinski definition) is 2. The van der Waals surface area contributed by atoms with Crippen molar-refractivity contribution in [1.82, 2.24) is 4.57 Å². The topological polar surface area (TPSA) is 68.2 Å². The monoisotopic (exact) mass is 232 g/mol. The van der Waals surface area contributed by atoms with Gasteiger partial charge in [0.15, 0.2) is 0 Å². The van der Waals surface area contributed by atoms with Gasteiger partial charge in [0, 0.05) is 18.6 Å². The van der Waals surface area contributed by atoms with Crippen molar-refractivity contribution in [2.24, 2.45) is 12.8 Å². The fraction of sp³-hybridized carbons (Fsp3) is 0.308. The average molecular weight is 232 g/mol. The van der Waals surface area contributed by atoms with Crippen molar-refractivity contribution in [3.63, 3.8) is 0 Å². The SMILES string of the molecule is Cn1cc(CCCN)c2cccc(C(=O)O)c21. The number of fused-ring (bicyclic) bond motifs is 1. The first-order valence-electron chi connectivity index (χ1n) is 5.65. The van der Waals surface area contributed by atoms with Crippen LogP contribution in [0, 0.1) is 0 Å². The zero-order valence-corrected chi connectivity index (χ0v) is 9.81. The van der Waals surface area contributed by atoms with Crippen molar-refractivity contribution in [2.75, 3.05) is 6.54 Å². The van der Waals surface area contributed by atoms with Crippen LogP contribution in [0.25, 0.3) is 10.9 Å². The lowest BCUT2D eigenvalue weighted by molar-refractivity contribution is 0.0698. The van der Waals surface area contributed by atoms with Gasteiger partial charge in [-0.15, -0.1) is 0 Å². The first-order chi connectivity index (χ1) is 8.15. The van der Waals surface area contributed by atoms with E-state index in [2.05, 4.69) is 0 Å². The molecule has 1 heterocycles. The van der Waals surface area contributed by atoms with Crippen molar-refractivity contribution in [3.8, 4) is 0 Å². The second kappa shape index (κ2) is 4.59. The van der Waals surface area contributed by atoms with Crippen LogP contribution in [-0.4, -0.2) is 22.2 Å². The van der Waals surface area contributed by atoms with E-state index in [0.717, 1.165) is 29.3 Å². The van der Waals surface area contributed by atoms with Gasteiger partial charge in [-0.1, -0.05) is 12.1 Å². The Hall–Kier alpha value is -1.81. The molecule has 0 atom stereocenters. The lowest BCUT2D eigenvalue weighted by Gasteiger charge is -2.01. The Labute approximate surface area is 99.7 Å². The normalized spacial score (nSPS) is 10.9. The number of hydrogen-bond donors (Lipinski definition) is 2. The minimum absolute atomic E-state index is 0.351. The molecule has 0 saturated carbocycles. The van der Waals surface area contributed by atoms with Crippen LogP contribution in [0.5, 0.6) is 0 Å². The summed E-state index contributed by atoms with van der Waals surface area (Å²) >= 11 is 0. The van der Waals surface area contributed by atoms with Gasteiger partial charge >= 0.3 is 5.97 Å². The molecule has 0 aliphatic carbocycles. The van der Waals surface area contributed by atoms with E-state index in [9.17, 15) is 4.79 Å². The molecule has 0 aliphatic heterocycles. The van der Waals surface area contributed by atoms with Crippen molar-refractivity contribution in [3.05, 3.63) is 35.5 Å². The molecular weight excluding hydrogens is 216 g/mol. The fourth-order valence-corrected chi connectivity index (χ4v) is 2.21. The number of nitrogens with zero attached hydrogens (tertiary/aromatic N) is 1. The number of para-hydroxylation sites is 1. The number of carbonyl (C=O) groups is 1. The summed E-state index contributed by atoms with van der Waals surface area (Å²) in [4.78, 5) is 11.2. The third-order valence-corrected chi connectivity index (χ3v) is 2.96. The highest BCUT2D eigenvalue weighted by Crippen LogP contribution is 2.25. The van der Waals surface area contributed by atoms with Gasteiger partial charge in [-0.2, -0.15) is 0 Å². The third kappa shape index (κ3) is 2.03. The number of carboxylic acid groups (broad SMARTS) is 1. The Morgan fingerprint density at radius 1 is 1.47 bits per heavy atom. The smallest absolute Gasteiger partial charge is 0.337 e. The molecule has 3 N–H and O–H groups in total.